The van der Waals surface area contributed by atoms with E-state index in [4.69, 9.17) is 5.73 Å². The molecule has 0 bridgehead atoms. The van der Waals surface area contributed by atoms with Crippen LogP contribution < -0.4 is 5.73 Å². The first-order valence-electron chi connectivity index (χ1n) is 6.42. The largest absolute Gasteiger partial charge is 0.342 e. The number of amides is 1. The van der Waals surface area contributed by atoms with Crippen LogP contribution in [-0.2, 0) is 11.3 Å². The Balaban J connectivity index is 2.47. The van der Waals surface area contributed by atoms with Crippen molar-refractivity contribution in [1.29, 1.82) is 0 Å². The number of hydrogen-bond acceptors (Lipinski definition) is 3. The maximum Gasteiger partial charge on any atom is 0.224 e. The van der Waals surface area contributed by atoms with E-state index in [-0.39, 0.29) is 11.3 Å². The van der Waals surface area contributed by atoms with Crippen LogP contribution in [-0.4, -0.2) is 40.0 Å². The Kier molecular flexibility index (Phi) is 5.34. The number of hydrogen-bond donors (Lipinski definition) is 1. The van der Waals surface area contributed by atoms with Crippen LogP contribution in [0.1, 0.15) is 27.2 Å². The van der Waals surface area contributed by atoms with Crippen molar-refractivity contribution in [3.05, 3.63) is 18.7 Å². The Hall–Kier alpha value is -1.36. The first-order chi connectivity index (χ1) is 8.48. The van der Waals surface area contributed by atoms with E-state index in [0.717, 1.165) is 6.54 Å². The Morgan fingerprint density at radius 2 is 2.22 bits per heavy atom. The third-order valence-electron chi connectivity index (χ3n) is 3.05. The predicted molar refractivity (Wildman–Crippen MR) is 71.9 cm³/mol. The van der Waals surface area contributed by atoms with E-state index in [1.54, 1.807) is 12.5 Å². The molecule has 0 aliphatic rings. The van der Waals surface area contributed by atoms with Gasteiger partial charge in [0, 0.05) is 38.4 Å². The molecule has 5 heteroatoms. The highest BCUT2D eigenvalue weighted by Crippen LogP contribution is 2.15. The lowest BCUT2D eigenvalue weighted by molar-refractivity contribution is -0.132. The lowest BCUT2D eigenvalue weighted by Gasteiger charge is -2.31. The zero-order valence-electron chi connectivity index (χ0n) is 11.6. The molecule has 1 rings (SSSR count). The van der Waals surface area contributed by atoms with E-state index in [9.17, 15) is 4.79 Å². The van der Waals surface area contributed by atoms with Gasteiger partial charge in [-0.05, 0) is 18.9 Å². The van der Waals surface area contributed by atoms with Gasteiger partial charge in [-0.25, -0.2) is 4.98 Å². The van der Waals surface area contributed by atoms with Gasteiger partial charge < -0.3 is 15.2 Å². The van der Waals surface area contributed by atoms with E-state index >= 15 is 0 Å². The number of nitrogens with two attached hydrogens (primary N) is 1. The number of imidazole rings is 1. The molecule has 1 aromatic heterocycles. The van der Waals surface area contributed by atoms with Gasteiger partial charge in [0.2, 0.25) is 5.91 Å². The van der Waals surface area contributed by atoms with Crippen molar-refractivity contribution >= 4 is 5.91 Å². The Bertz CT molecular complexity index is 359. The van der Waals surface area contributed by atoms with E-state index in [1.165, 1.54) is 0 Å². The van der Waals surface area contributed by atoms with Crippen LogP contribution in [0, 0.1) is 5.41 Å². The van der Waals surface area contributed by atoms with Crippen LogP contribution >= 0.6 is 0 Å². The summed E-state index contributed by atoms with van der Waals surface area (Å²) in [5.74, 6) is 0.174. The fraction of sp³-hybridized carbons (Fsp3) is 0.692. The van der Waals surface area contributed by atoms with E-state index in [2.05, 4.69) is 18.8 Å². The number of carbonyl (C=O) groups excluding carboxylic acids is 1. The zero-order chi connectivity index (χ0) is 13.6. The Morgan fingerprint density at radius 1 is 1.50 bits per heavy atom. The zero-order valence-corrected chi connectivity index (χ0v) is 11.6. The van der Waals surface area contributed by atoms with Gasteiger partial charge in [0.25, 0.3) is 0 Å². The molecule has 0 fully saturated rings. The van der Waals surface area contributed by atoms with Gasteiger partial charge in [-0.1, -0.05) is 13.8 Å². The molecule has 1 heterocycles. The molecule has 0 atom stereocenters. The minimum absolute atomic E-state index is 0.0271. The highest BCUT2D eigenvalue weighted by atomic mass is 16.2. The molecule has 5 nitrogen and oxygen atoms in total. The van der Waals surface area contributed by atoms with Crippen molar-refractivity contribution < 1.29 is 4.79 Å². The molecule has 0 aromatic carbocycles. The lowest BCUT2D eigenvalue weighted by atomic mass is 9.93. The van der Waals surface area contributed by atoms with Crippen molar-refractivity contribution in [2.45, 2.75) is 33.7 Å². The Morgan fingerprint density at radius 3 is 2.72 bits per heavy atom. The third-order valence-corrected chi connectivity index (χ3v) is 3.05. The summed E-state index contributed by atoms with van der Waals surface area (Å²) in [6.45, 7) is 8.87. The smallest absolute Gasteiger partial charge is 0.224 e. The predicted octanol–water partition coefficient (Wildman–Crippen LogP) is 1.11. The molecule has 0 aliphatic carbocycles. The van der Waals surface area contributed by atoms with Gasteiger partial charge in [-0.2, -0.15) is 0 Å². The number of nitrogens with zero attached hydrogens (tertiary/aromatic N) is 3. The lowest BCUT2D eigenvalue weighted by Crippen LogP contribution is -2.42. The van der Waals surface area contributed by atoms with E-state index in [1.807, 2.05) is 22.6 Å². The molecular formula is C13H24N4O. The fourth-order valence-electron chi connectivity index (χ4n) is 1.76. The summed E-state index contributed by atoms with van der Waals surface area (Å²) < 4.78 is 1.92. The summed E-state index contributed by atoms with van der Waals surface area (Å²) in [5.41, 5.74) is 5.68. The highest BCUT2D eigenvalue weighted by Gasteiger charge is 2.22. The summed E-state index contributed by atoms with van der Waals surface area (Å²) >= 11 is 0. The average Bonchev–Trinajstić information content (AvgIpc) is 2.86. The second-order valence-corrected chi connectivity index (χ2v) is 5.33. The highest BCUT2D eigenvalue weighted by molar-refractivity contribution is 5.76. The van der Waals surface area contributed by atoms with E-state index < -0.39 is 0 Å². The summed E-state index contributed by atoms with van der Waals surface area (Å²) in [7, 11) is 0. The van der Waals surface area contributed by atoms with Gasteiger partial charge in [0.1, 0.15) is 0 Å². The SMILES string of the molecule is CCN(CC(C)(C)CN)C(=O)CCn1ccnc1. The minimum Gasteiger partial charge on any atom is -0.342 e. The van der Waals surface area contributed by atoms with Crippen LogP contribution in [0.15, 0.2) is 18.7 Å². The van der Waals surface area contributed by atoms with Crippen molar-refractivity contribution in [1.82, 2.24) is 14.5 Å². The summed E-state index contributed by atoms with van der Waals surface area (Å²) in [6, 6.07) is 0. The van der Waals surface area contributed by atoms with Crippen LogP contribution in [0.3, 0.4) is 0 Å². The molecule has 18 heavy (non-hydrogen) atoms. The monoisotopic (exact) mass is 252 g/mol. The molecule has 0 saturated carbocycles. The van der Waals surface area contributed by atoms with Gasteiger partial charge >= 0.3 is 0 Å². The molecular weight excluding hydrogens is 228 g/mol. The standard InChI is InChI=1S/C13H24N4O/c1-4-17(10-13(2,3)9-14)12(18)5-7-16-8-6-15-11-16/h6,8,11H,4-5,7,9-10,14H2,1-3H3. The average molecular weight is 252 g/mol. The molecule has 0 aliphatic heterocycles. The van der Waals surface area contributed by atoms with E-state index in [0.29, 0.717) is 26.1 Å². The van der Waals surface area contributed by atoms with Crippen molar-refractivity contribution in [2.75, 3.05) is 19.6 Å². The van der Waals surface area contributed by atoms with Gasteiger partial charge in [0.15, 0.2) is 0 Å². The van der Waals surface area contributed by atoms with Gasteiger partial charge in [-0.3, -0.25) is 4.79 Å². The first kappa shape index (κ1) is 14.7. The maximum atomic E-state index is 12.1. The number of aryl methyl sites for hydroxylation is 1. The minimum atomic E-state index is -0.0271. The number of carbonyl (C=O) groups is 1. The first-order valence-corrected chi connectivity index (χ1v) is 6.42. The second kappa shape index (κ2) is 6.54. The molecule has 1 amide bonds. The third kappa shape index (κ3) is 4.49. The summed E-state index contributed by atoms with van der Waals surface area (Å²) in [4.78, 5) is 18.0. The molecule has 2 N–H and O–H groups in total. The van der Waals surface area contributed by atoms with Crippen LogP contribution in [0.4, 0.5) is 0 Å². The maximum absolute atomic E-state index is 12.1. The molecule has 0 spiro atoms. The van der Waals surface area contributed by atoms with Crippen molar-refractivity contribution in [2.24, 2.45) is 11.1 Å². The number of aromatic nitrogens is 2. The quantitative estimate of drug-likeness (QED) is 0.790. The van der Waals surface area contributed by atoms with Crippen LogP contribution in [0.25, 0.3) is 0 Å². The molecule has 1 aromatic rings. The van der Waals surface area contributed by atoms with Gasteiger partial charge in [0.05, 0.1) is 6.33 Å². The second-order valence-electron chi connectivity index (χ2n) is 5.33. The normalized spacial score (nSPS) is 11.6. The van der Waals surface area contributed by atoms with Crippen LogP contribution in [0.5, 0.6) is 0 Å². The van der Waals surface area contributed by atoms with Crippen molar-refractivity contribution in [3.8, 4) is 0 Å². The number of rotatable bonds is 7. The van der Waals surface area contributed by atoms with Gasteiger partial charge in [-0.15, -0.1) is 0 Å². The molecule has 0 saturated heterocycles. The summed E-state index contributed by atoms with van der Waals surface area (Å²) in [6.07, 6.45) is 5.82. The topological polar surface area (TPSA) is 64.2 Å². The molecule has 102 valence electrons. The van der Waals surface area contributed by atoms with Crippen molar-refractivity contribution in [3.63, 3.8) is 0 Å². The van der Waals surface area contributed by atoms with Crippen LogP contribution in [0.2, 0.25) is 0 Å². The fourth-order valence-corrected chi connectivity index (χ4v) is 1.76. The molecule has 0 unspecified atom stereocenters. The summed E-state index contributed by atoms with van der Waals surface area (Å²) in [5, 5.41) is 0. The molecule has 0 radical (unpaired) electrons. The Labute approximate surface area is 109 Å².